The van der Waals surface area contributed by atoms with Gasteiger partial charge in [-0.2, -0.15) is 0 Å². The first-order valence-corrected chi connectivity index (χ1v) is 8.48. The zero-order chi connectivity index (χ0) is 14.8. The lowest BCUT2D eigenvalue weighted by atomic mass is 9.94. The third-order valence-electron chi connectivity index (χ3n) is 4.03. The third kappa shape index (κ3) is 7.28. The molecule has 3 atom stereocenters. The van der Waals surface area contributed by atoms with Crippen molar-refractivity contribution >= 4 is 5.97 Å². The molecule has 0 bridgehead atoms. The van der Waals surface area contributed by atoms with Crippen LogP contribution in [0.5, 0.6) is 0 Å². The molecule has 0 saturated carbocycles. The maximum absolute atomic E-state index is 11.2. The van der Waals surface area contributed by atoms with Gasteiger partial charge in [-0.05, 0) is 12.8 Å². The largest absolute Gasteiger partial charge is 0.462 e. The van der Waals surface area contributed by atoms with E-state index in [2.05, 4.69) is 13.8 Å². The number of ether oxygens (including phenoxy) is 2. The molecule has 1 saturated heterocycles. The average Bonchev–Trinajstić information content (AvgIpc) is 2.38. The van der Waals surface area contributed by atoms with Gasteiger partial charge in [0.25, 0.3) is 0 Å². The van der Waals surface area contributed by atoms with Crippen LogP contribution in [0.25, 0.3) is 0 Å². The van der Waals surface area contributed by atoms with Crippen LogP contribution in [0.1, 0.15) is 85.0 Å². The van der Waals surface area contributed by atoms with Gasteiger partial charge in [0, 0.05) is 19.8 Å². The molecule has 118 valence electrons. The summed E-state index contributed by atoms with van der Waals surface area (Å²) in [5, 5.41) is 0. The highest BCUT2D eigenvalue weighted by Gasteiger charge is 2.30. The van der Waals surface area contributed by atoms with E-state index in [1.165, 1.54) is 45.4 Å². The first kappa shape index (κ1) is 17.5. The molecule has 0 radical (unpaired) electrons. The van der Waals surface area contributed by atoms with Crippen LogP contribution >= 0.6 is 0 Å². The maximum Gasteiger partial charge on any atom is 0.302 e. The van der Waals surface area contributed by atoms with E-state index in [1.54, 1.807) is 0 Å². The molecule has 1 heterocycles. The Bertz CT molecular complexity index is 247. The lowest BCUT2D eigenvalue weighted by Gasteiger charge is -2.35. The molecule has 0 spiro atoms. The van der Waals surface area contributed by atoms with Crippen LogP contribution < -0.4 is 0 Å². The molecule has 1 aliphatic heterocycles. The van der Waals surface area contributed by atoms with Crippen LogP contribution in [-0.4, -0.2) is 24.3 Å². The molecule has 1 fully saturated rings. The maximum atomic E-state index is 11.2. The summed E-state index contributed by atoms with van der Waals surface area (Å²) in [5.74, 6) is -0.156. The SMILES string of the molecule is CCCCC[C@@H]1CC(OC(C)=O)C[C@H](CCCCC)O1. The fourth-order valence-corrected chi connectivity index (χ4v) is 3.01. The second kappa shape index (κ2) is 10.2. The van der Waals surface area contributed by atoms with Gasteiger partial charge in [-0.15, -0.1) is 0 Å². The molecule has 0 N–H and O–H groups in total. The first-order valence-electron chi connectivity index (χ1n) is 8.48. The minimum Gasteiger partial charge on any atom is -0.462 e. The van der Waals surface area contributed by atoms with Gasteiger partial charge >= 0.3 is 5.97 Å². The Morgan fingerprint density at radius 1 is 1.00 bits per heavy atom. The van der Waals surface area contributed by atoms with Crippen LogP contribution in [0.15, 0.2) is 0 Å². The van der Waals surface area contributed by atoms with Crippen LogP contribution in [0.4, 0.5) is 0 Å². The molecule has 0 amide bonds. The van der Waals surface area contributed by atoms with Crippen molar-refractivity contribution in [2.45, 2.75) is 103 Å². The highest BCUT2D eigenvalue weighted by atomic mass is 16.6. The first-order chi connectivity index (χ1) is 9.65. The average molecular weight is 284 g/mol. The van der Waals surface area contributed by atoms with Crippen LogP contribution in [0, 0.1) is 0 Å². The van der Waals surface area contributed by atoms with Gasteiger partial charge in [0.15, 0.2) is 0 Å². The van der Waals surface area contributed by atoms with Crippen molar-refractivity contribution in [2.24, 2.45) is 0 Å². The van der Waals surface area contributed by atoms with Gasteiger partial charge in [0.05, 0.1) is 12.2 Å². The number of hydrogen-bond donors (Lipinski definition) is 0. The Morgan fingerprint density at radius 2 is 1.50 bits per heavy atom. The Kier molecular flexibility index (Phi) is 8.92. The monoisotopic (exact) mass is 284 g/mol. The molecule has 1 rings (SSSR count). The molecule has 3 nitrogen and oxygen atoms in total. The zero-order valence-electron chi connectivity index (χ0n) is 13.5. The summed E-state index contributed by atoms with van der Waals surface area (Å²) in [4.78, 5) is 11.2. The normalized spacial score (nSPS) is 26.4. The Labute approximate surface area is 124 Å². The fraction of sp³-hybridized carbons (Fsp3) is 0.941. The van der Waals surface area contributed by atoms with Gasteiger partial charge in [-0.1, -0.05) is 52.4 Å². The van der Waals surface area contributed by atoms with Crippen LogP contribution in [-0.2, 0) is 14.3 Å². The Balaban J connectivity index is 2.41. The highest BCUT2D eigenvalue weighted by Crippen LogP contribution is 2.28. The van der Waals surface area contributed by atoms with Gasteiger partial charge < -0.3 is 9.47 Å². The third-order valence-corrected chi connectivity index (χ3v) is 4.03. The lowest BCUT2D eigenvalue weighted by molar-refractivity contribution is -0.160. The predicted molar refractivity (Wildman–Crippen MR) is 81.7 cm³/mol. The van der Waals surface area contributed by atoms with E-state index in [0.717, 1.165) is 25.7 Å². The highest BCUT2D eigenvalue weighted by molar-refractivity contribution is 5.66. The molecule has 1 aliphatic rings. The van der Waals surface area contributed by atoms with Crippen molar-refractivity contribution in [1.29, 1.82) is 0 Å². The molecule has 0 aromatic rings. The molecular formula is C17H32O3. The van der Waals surface area contributed by atoms with Crippen LogP contribution in [0.2, 0.25) is 0 Å². The molecular weight excluding hydrogens is 252 g/mol. The molecule has 1 unspecified atom stereocenters. The fourth-order valence-electron chi connectivity index (χ4n) is 3.01. The number of carbonyl (C=O) groups excluding carboxylic acids is 1. The summed E-state index contributed by atoms with van der Waals surface area (Å²) in [6, 6.07) is 0. The van der Waals surface area contributed by atoms with Gasteiger partial charge in [-0.25, -0.2) is 0 Å². The summed E-state index contributed by atoms with van der Waals surface area (Å²) in [6.45, 7) is 5.95. The standard InChI is InChI=1S/C17H32O3/c1-4-6-8-10-15-12-17(19-14(3)18)13-16(20-15)11-9-7-5-2/h15-17H,4-13H2,1-3H3/t15-,16+,17?. The zero-order valence-corrected chi connectivity index (χ0v) is 13.5. The summed E-state index contributed by atoms with van der Waals surface area (Å²) < 4.78 is 11.6. The predicted octanol–water partition coefficient (Wildman–Crippen LogP) is 4.63. The van der Waals surface area contributed by atoms with Gasteiger partial charge in [0.2, 0.25) is 0 Å². The minimum atomic E-state index is -0.156. The summed E-state index contributed by atoms with van der Waals surface area (Å²) in [6.07, 6.45) is 12.0. The number of carbonyl (C=O) groups is 1. The van der Waals surface area contributed by atoms with E-state index in [9.17, 15) is 4.79 Å². The Hall–Kier alpha value is -0.570. The molecule has 0 aromatic heterocycles. The van der Waals surface area contributed by atoms with Crippen molar-refractivity contribution in [3.8, 4) is 0 Å². The van der Waals surface area contributed by atoms with E-state index in [1.807, 2.05) is 0 Å². The molecule has 3 heteroatoms. The number of hydrogen-bond acceptors (Lipinski definition) is 3. The molecule has 0 aliphatic carbocycles. The minimum absolute atomic E-state index is 0.0690. The van der Waals surface area contributed by atoms with E-state index in [0.29, 0.717) is 0 Å². The summed E-state index contributed by atoms with van der Waals surface area (Å²) in [7, 11) is 0. The Morgan fingerprint density at radius 3 is 1.90 bits per heavy atom. The van der Waals surface area contributed by atoms with Crippen molar-refractivity contribution in [1.82, 2.24) is 0 Å². The molecule has 20 heavy (non-hydrogen) atoms. The van der Waals surface area contributed by atoms with Gasteiger partial charge in [-0.3, -0.25) is 4.79 Å². The van der Waals surface area contributed by atoms with E-state index >= 15 is 0 Å². The van der Waals surface area contributed by atoms with Crippen molar-refractivity contribution in [2.75, 3.05) is 0 Å². The second-order valence-electron chi connectivity index (χ2n) is 6.07. The van der Waals surface area contributed by atoms with E-state index in [-0.39, 0.29) is 24.3 Å². The number of rotatable bonds is 9. The van der Waals surface area contributed by atoms with Crippen molar-refractivity contribution < 1.29 is 14.3 Å². The summed E-state index contributed by atoms with van der Waals surface area (Å²) in [5.41, 5.74) is 0. The van der Waals surface area contributed by atoms with E-state index < -0.39 is 0 Å². The summed E-state index contributed by atoms with van der Waals surface area (Å²) >= 11 is 0. The van der Waals surface area contributed by atoms with Gasteiger partial charge in [0.1, 0.15) is 6.10 Å². The number of unbranched alkanes of at least 4 members (excludes halogenated alkanes) is 4. The molecule has 0 aromatic carbocycles. The van der Waals surface area contributed by atoms with Crippen LogP contribution in [0.3, 0.4) is 0 Å². The quantitative estimate of drug-likeness (QED) is 0.457. The van der Waals surface area contributed by atoms with Crippen molar-refractivity contribution in [3.63, 3.8) is 0 Å². The van der Waals surface area contributed by atoms with Crippen molar-refractivity contribution in [3.05, 3.63) is 0 Å². The lowest BCUT2D eigenvalue weighted by Crippen LogP contribution is -2.37. The topological polar surface area (TPSA) is 35.5 Å². The smallest absolute Gasteiger partial charge is 0.302 e. The van der Waals surface area contributed by atoms with E-state index in [4.69, 9.17) is 9.47 Å². The second-order valence-corrected chi connectivity index (χ2v) is 6.07. The number of esters is 1.